The lowest BCUT2D eigenvalue weighted by molar-refractivity contribution is -0.146. The summed E-state index contributed by atoms with van der Waals surface area (Å²) in [5.41, 5.74) is 0.752. The minimum atomic E-state index is -1.39. The van der Waals surface area contributed by atoms with Crippen LogP contribution in [0, 0.1) is 0 Å². The minimum Gasteiger partial charge on any atom is -0.421 e. The molecule has 0 aromatic heterocycles. The summed E-state index contributed by atoms with van der Waals surface area (Å²) in [6, 6.07) is 0. The Bertz CT molecular complexity index is 190. The summed E-state index contributed by atoms with van der Waals surface area (Å²) in [7, 11) is 0. The summed E-state index contributed by atoms with van der Waals surface area (Å²) in [4.78, 5) is 21.4. The van der Waals surface area contributed by atoms with Crippen LogP contribution in [0.25, 0.3) is 0 Å². The highest BCUT2D eigenvalue weighted by Crippen LogP contribution is 1.98. The fourth-order valence-electron chi connectivity index (χ4n) is 0.569. The van der Waals surface area contributed by atoms with Crippen LogP contribution in [0.15, 0.2) is 0 Å². The highest BCUT2D eigenvalue weighted by atomic mass is 32.1. The first kappa shape index (κ1) is 11.2. The summed E-state index contributed by atoms with van der Waals surface area (Å²) in [5, 5.41) is 8.99. The number of ketones is 1. The van der Waals surface area contributed by atoms with Crippen LogP contribution in [0.1, 0.15) is 19.8 Å². The van der Waals surface area contributed by atoms with Crippen molar-refractivity contribution in [1.29, 1.82) is 0 Å². The van der Waals surface area contributed by atoms with Crippen LogP contribution in [0.2, 0.25) is 0 Å². The number of Topliss-reactive ketones (excluding diaryl/α,β-unsaturated/α-hetero) is 1. The third-order valence-electron chi connectivity index (χ3n) is 1.25. The van der Waals surface area contributed by atoms with Crippen LogP contribution in [0.4, 0.5) is 0 Å². The van der Waals surface area contributed by atoms with Crippen LogP contribution in [-0.2, 0) is 14.3 Å². The molecule has 0 saturated carbocycles. The van der Waals surface area contributed by atoms with E-state index in [1.165, 1.54) is 0 Å². The third kappa shape index (κ3) is 4.15. The molecule has 0 aromatic rings. The summed E-state index contributed by atoms with van der Waals surface area (Å²) in [6.45, 7) is 1.65. The summed E-state index contributed by atoms with van der Waals surface area (Å²) in [5.74, 6) is -1.07. The highest BCUT2D eigenvalue weighted by molar-refractivity contribution is 7.78. The third-order valence-corrected chi connectivity index (χ3v) is 1.35. The van der Waals surface area contributed by atoms with Crippen LogP contribution in [-0.4, -0.2) is 28.5 Å². The van der Waals surface area contributed by atoms with Crippen LogP contribution in [0.5, 0.6) is 0 Å². The van der Waals surface area contributed by atoms with Crippen LogP contribution >= 0.6 is 12.2 Å². The number of hydrogen-bond donors (Lipinski definition) is 1. The van der Waals surface area contributed by atoms with Gasteiger partial charge in [-0.3, -0.25) is 4.79 Å². The largest absolute Gasteiger partial charge is 0.421 e. The SMILES string of the molecule is CCC(=O)CC(O)C(=O)OC=S. The molecule has 0 heterocycles. The van der Waals surface area contributed by atoms with Gasteiger partial charge in [-0.1, -0.05) is 6.92 Å². The maximum absolute atomic E-state index is 10.7. The first-order valence-electron chi connectivity index (χ1n) is 3.45. The molecular weight excluding hydrogens is 180 g/mol. The van der Waals surface area contributed by atoms with Gasteiger partial charge in [0, 0.05) is 12.8 Å². The van der Waals surface area contributed by atoms with Gasteiger partial charge < -0.3 is 9.84 Å². The average molecular weight is 190 g/mol. The van der Waals surface area contributed by atoms with E-state index in [1.54, 1.807) is 6.92 Å². The lowest BCUT2D eigenvalue weighted by Crippen LogP contribution is -2.25. The van der Waals surface area contributed by atoms with E-state index in [0.717, 1.165) is 5.55 Å². The molecule has 0 fully saturated rings. The molecule has 0 amide bonds. The molecule has 5 heteroatoms. The zero-order chi connectivity index (χ0) is 9.56. The second-order valence-corrected chi connectivity index (χ2v) is 2.34. The van der Waals surface area contributed by atoms with E-state index in [-0.39, 0.29) is 12.2 Å². The smallest absolute Gasteiger partial charge is 0.341 e. The van der Waals surface area contributed by atoms with Crippen molar-refractivity contribution in [2.75, 3.05) is 0 Å². The fourth-order valence-corrected chi connectivity index (χ4v) is 0.664. The molecule has 0 spiro atoms. The second kappa shape index (κ2) is 5.79. The van der Waals surface area contributed by atoms with Crippen molar-refractivity contribution in [3.8, 4) is 0 Å². The van der Waals surface area contributed by atoms with Crippen molar-refractivity contribution < 1.29 is 19.4 Å². The van der Waals surface area contributed by atoms with E-state index in [9.17, 15) is 9.59 Å². The number of carbonyl (C=O) groups excluding carboxylic acids is 2. The lowest BCUT2D eigenvalue weighted by atomic mass is 10.1. The van der Waals surface area contributed by atoms with E-state index in [0.29, 0.717) is 6.42 Å². The van der Waals surface area contributed by atoms with Crippen molar-refractivity contribution >= 4 is 29.5 Å². The quantitative estimate of drug-likeness (QED) is 0.496. The molecule has 1 atom stereocenters. The Balaban J connectivity index is 3.85. The molecule has 12 heavy (non-hydrogen) atoms. The number of rotatable bonds is 5. The molecule has 68 valence electrons. The van der Waals surface area contributed by atoms with Crippen molar-refractivity contribution in [3.63, 3.8) is 0 Å². The van der Waals surface area contributed by atoms with Gasteiger partial charge in [-0.25, -0.2) is 4.79 Å². The van der Waals surface area contributed by atoms with Gasteiger partial charge in [0.15, 0.2) is 11.7 Å². The molecule has 4 nitrogen and oxygen atoms in total. The fraction of sp³-hybridized carbons (Fsp3) is 0.571. The van der Waals surface area contributed by atoms with E-state index in [1.807, 2.05) is 0 Å². The maximum atomic E-state index is 10.7. The Morgan fingerprint density at radius 2 is 2.25 bits per heavy atom. The van der Waals surface area contributed by atoms with Crippen molar-refractivity contribution in [2.45, 2.75) is 25.9 Å². The van der Waals surface area contributed by atoms with Gasteiger partial charge >= 0.3 is 5.97 Å². The topological polar surface area (TPSA) is 63.6 Å². The molecule has 0 aliphatic carbocycles. The summed E-state index contributed by atoms with van der Waals surface area (Å²) in [6.07, 6.45) is -1.31. The molecule has 0 rings (SSSR count). The zero-order valence-corrected chi connectivity index (χ0v) is 7.47. The monoisotopic (exact) mass is 190 g/mol. The number of aliphatic hydroxyl groups is 1. The molecular formula is C7H10O4S. The Morgan fingerprint density at radius 3 is 2.67 bits per heavy atom. The van der Waals surface area contributed by atoms with E-state index < -0.39 is 12.1 Å². The molecule has 1 N–H and O–H groups in total. The molecule has 0 aromatic carbocycles. The molecule has 0 radical (unpaired) electrons. The van der Waals surface area contributed by atoms with E-state index >= 15 is 0 Å². The van der Waals surface area contributed by atoms with Crippen molar-refractivity contribution in [3.05, 3.63) is 0 Å². The predicted octanol–water partition coefficient (Wildman–Crippen LogP) is 0.217. The van der Waals surface area contributed by atoms with Gasteiger partial charge in [0.1, 0.15) is 5.78 Å². The summed E-state index contributed by atoms with van der Waals surface area (Å²) >= 11 is 4.23. The minimum absolute atomic E-state index is 0.191. The Labute approximate surface area is 75.5 Å². The van der Waals surface area contributed by atoms with Gasteiger partial charge in [-0.15, -0.1) is 0 Å². The first-order valence-corrected chi connectivity index (χ1v) is 3.92. The standard InChI is InChI=1S/C7H10O4S/c1-2-5(8)3-6(9)7(10)11-4-12/h4,6,9H,2-3H2,1H3. The molecule has 0 aliphatic rings. The second-order valence-electron chi connectivity index (χ2n) is 2.15. The number of carbonyl (C=O) groups is 2. The normalized spacial score (nSPS) is 11.8. The van der Waals surface area contributed by atoms with Gasteiger partial charge in [-0.05, 0) is 12.2 Å². The van der Waals surface area contributed by atoms with Crippen LogP contribution in [0.3, 0.4) is 0 Å². The number of ether oxygens (including phenoxy) is 1. The molecule has 0 aliphatic heterocycles. The Hall–Kier alpha value is -0.810. The zero-order valence-electron chi connectivity index (χ0n) is 6.65. The first-order chi connectivity index (χ1) is 5.61. The molecule has 0 bridgehead atoms. The van der Waals surface area contributed by atoms with E-state index in [2.05, 4.69) is 17.0 Å². The number of esters is 1. The number of aliphatic hydroxyl groups excluding tert-OH is 1. The van der Waals surface area contributed by atoms with Gasteiger partial charge in [0.05, 0.1) is 0 Å². The van der Waals surface area contributed by atoms with Gasteiger partial charge in [-0.2, -0.15) is 0 Å². The maximum Gasteiger partial charge on any atom is 0.341 e. The Morgan fingerprint density at radius 1 is 1.67 bits per heavy atom. The number of hydrogen-bond acceptors (Lipinski definition) is 5. The average Bonchev–Trinajstić information content (AvgIpc) is 2.04. The van der Waals surface area contributed by atoms with E-state index in [4.69, 9.17) is 5.11 Å². The number of thiocarbonyl (C=S) groups is 1. The molecule has 1 unspecified atom stereocenters. The highest BCUT2D eigenvalue weighted by Gasteiger charge is 2.18. The van der Waals surface area contributed by atoms with Crippen molar-refractivity contribution in [1.82, 2.24) is 0 Å². The van der Waals surface area contributed by atoms with Crippen LogP contribution < -0.4 is 0 Å². The summed E-state index contributed by atoms with van der Waals surface area (Å²) < 4.78 is 4.20. The van der Waals surface area contributed by atoms with Gasteiger partial charge in [0.25, 0.3) is 0 Å². The molecule has 0 saturated heterocycles. The van der Waals surface area contributed by atoms with Crippen molar-refractivity contribution in [2.24, 2.45) is 0 Å². The predicted molar refractivity (Wildman–Crippen MR) is 45.7 cm³/mol. The Kier molecular flexibility index (Phi) is 5.40. The lowest BCUT2D eigenvalue weighted by Gasteiger charge is -2.04. The van der Waals surface area contributed by atoms with Gasteiger partial charge in [0.2, 0.25) is 0 Å².